The van der Waals surface area contributed by atoms with Crippen molar-refractivity contribution in [3.63, 3.8) is 0 Å². The summed E-state index contributed by atoms with van der Waals surface area (Å²) in [6.07, 6.45) is 0.385. The van der Waals surface area contributed by atoms with Crippen molar-refractivity contribution in [3.8, 4) is 0 Å². The molecular formula is C13H21O2PS. The van der Waals surface area contributed by atoms with Gasteiger partial charge in [0.2, 0.25) is 7.58 Å². The van der Waals surface area contributed by atoms with Crippen molar-refractivity contribution in [2.45, 2.75) is 51.7 Å². The summed E-state index contributed by atoms with van der Waals surface area (Å²) in [7, 11) is -0.909. The summed E-state index contributed by atoms with van der Waals surface area (Å²) in [6, 6.07) is 8.45. The maximum absolute atomic E-state index is 5.80. The fourth-order valence-electron chi connectivity index (χ4n) is 1.10. The van der Waals surface area contributed by atoms with Crippen LogP contribution in [-0.4, -0.2) is 12.2 Å². The van der Waals surface area contributed by atoms with E-state index in [0.717, 1.165) is 0 Å². The van der Waals surface area contributed by atoms with Crippen LogP contribution in [0.1, 0.15) is 33.3 Å². The zero-order valence-electron chi connectivity index (χ0n) is 11.1. The maximum Gasteiger partial charge on any atom is 0.243 e. The van der Waals surface area contributed by atoms with Crippen molar-refractivity contribution in [1.29, 1.82) is 0 Å². The van der Waals surface area contributed by atoms with Crippen LogP contribution in [0.4, 0.5) is 0 Å². The molecule has 0 saturated carbocycles. The van der Waals surface area contributed by atoms with Crippen LogP contribution in [0.3, 0.4) is 0 Å². The molecule has 1 aromatic rings. The SMILES string of the molecule is Cc1ccc(SP(OC(C)C)OC(C)C)cc1. The molecule has 0 aliphatic heterocycles. The van der Waals surface area contributed by atoms with Gasteiger partial charge in [0.15, 0.2) is 0 Å². The predicted octanol–water partition coefficient (Wildman–Crippen LogP) is 5.16. The van der Waals surface area contributed by atoms with E-state index < -0.39 is 7.58 Å². The lowest BCUT2D eigenvalue weighted by Crippen LogP contribution is -2.02. The minimum atomic E-state index is -0.909. The Morgan fingerprint density at radius 2 is 1.41 bits per heavy atom. The van der Waals surface area contributed by atoms with Gasteiger partial charge in [0.1, 0.15) is 0 Å². The summed E-state index contributed by atoms with van der Waals surface area (Å²) in [6.45, 7) is 10.2. The Kier molecular flexibility index (Phi) is 6.50. The van der Waals surface area contributed by atoms with Crippen LogP contribution in [0.15, 0.2) is 29.2 Å². The van der Waals surface area contributed by atoms with Gasteiger partial charge in [-0.15, -0.1) is 0 Å². The summed E-state index contributed by atoms with van der Waals surface area (Å²) in [5.74, 6) is 0. The molecule has 1 rings (SSSR count). The maximum atomic E-state index is 5.80. The molecule has 4 heteroatoms. The second kappa shape index (κ2) is 7.38. The fourth-order valence-corrected chi connectivity index (χ4v) is 4.52. The summed E-state index contributed by atoms with van der Waals surface area (Å²) < 4.78 is 11.6. The molecule has 0 aromatic heterocycles. The van der Waals surface area contributed by atoms with E-state index >= 15 is 0 Å². The summed E-state index contributed by atoms with van der Waals surface area (Å²) >= 11 is 1.67. The van der Waals surface area contributed by atoms with Gasteiger partial charge in [0.25, 0.3) is 0 Å². The summed E-state index contributed by atoms with van der Waals surface area (Å²) in [5.41, 5.74) is 1.27. The normalized spacial score (nSPS) is 11.8. The van der Waals surface area contributed by atoms with E-state index in [2.05, 4.69) is 31.2 Å². The van der Waals surface area contributed by atoms with Gasteiger partial charge in [-0.25, -0.2) is 0 Å². The molecule has 0 amide bonds. The Bertz CT molecular complexity index is 315. The van der Waals surface area contributed by atoms with E-state index in [-0.39, 0.29) is 12.2 Å². The third-order valence-electron chi connectivity index (χ3n) is 1.79. The van der Waals surface area contributed by atoms with Crippen LogP contribution < -0.4 is 0 Å². The molecule has 0 aliphatic rings. The molecule has 0 heterocycles. The highest BCUT2D eigenvalue weighted by Crippen LogP contribution is 2.57. The molecular weight excluding hydrogens is 251 g/mol. The van der Waals surface area contributed by atoms with Crippen LogP contribution in [0.5, 0.6) is 0 Å². The molecule has 0 spiro atoms. The molecule has 0 unspecified atom stereocenters. The van der Waals surface area contributed by atoms with Crippen LogP contribution in [0.25, 0.3) is 0 Å². The predicted molar refractivity (Wildman–Crippen MR) is 76.4 cm³/mol. The molecule has 0 bridgehead atoms. The second-order valence-electron chi connectivity index (χ2n) is 4.44. The number of benzene rings is 1. The Balaban J connectivity index is 2.61. The number of hydrogen-bond donors (Lipinski definition) is 0. The molecule has 1 aromatic carbocycles. The zero-order valence-corrected chi connectivity index (χ0v) is 12.8. The van der Waals surface area contributed by atoms with Crippen LogP contribution in [0, 0.1) is 6.92 Å². The Morgan fingerprint density at radius 3 is 1.82 bits per heavy atom. The van der Waals surface area contributed by atoms with Gasteiger partial charge in [0, 0.05) is 4.90 Å². The van der Waals surface area contributed by atoms with E-state index in [0.29, 0.717) is 0 Å². The topological polar surface area (TPSA) is 18.5 Å². The average Bonchev–Trinajstić information content (AvgIpc) is 2.19. The fraction of sp³-hybridized carbons (Fsp3) is 0.538. The summed E-state index contributed by atoms with van der Waals surface area (Å²) in [5, 5.41) is 0. The van der Waals surface area contributed by atoms with Crippen molar-refractivity contribution in [2.24, 2.45) is 0 Å². The molecule has 2 nitrogen and oxygen atoms in total. The molecule has 0 fully saturated rings. The van der Waals surface area contributed by atoms with E-state index in [4.69, 9.17) is 9.05 Å². The first-order chi connectivity index (χ1) is 7.97. The monoisotopic (exact) mass is 272 g/mol. The standard InChI is InChI=1S/C13H21O2PS/c1-10(2)14-16(15-11(3)4)17-13-8-6-12(5)7-9-13/h6-11H,1-5H3. The third-order valence-corrected chi connectivity index (χ3v) is 5.21. The first kappa shape index (κ1) is 15.0. The minimum Gasteiger partial charge on any atom is -0.323 e. The second-order valence-corrected chi connectivity index (χ2v) is 7.40. The van der Waals surface area contributed by atoms with Crippen molar-refractivity contribution < 1.29 is 9.05 Å². The Hall–Kier alpha value is -0.0800. The lowest BCUT2D eigenvalue weighted by atomic mass is 10.2. The van der Waals surface area contributed by atoms with Gasteiger partial charge >= 0.3 is 0 Å². The molecule has 0 aliphatic carbocycles. The zero-order chi connectivity index (χ0) is 12.8. The van der Waals surface area contributed by atoms with Crippen molar-refractivity contribution >= 4 is 19.0 Å². The van der Waals surface area contributed by atoms with Crippen molar-refractivity contribution in [1.82, 2.24) is 0 Å². The molecule has 0 saturated heterocycles. The highest BCUT2D eigenvalue weighted by molar-refractivity contribution is 8.52. The highest BCUT2D eigenvalue weighted by atomic mass is 32.7. The number of rotatable bonds is 6. The highest BCUT2D eigenvalue weighted by Gasteiger charge is 2.16. The Labute approximate surface area is 110 Å². The lowest BCUT2D eigenvalue weighted by molar-refractivity contribution is 0.188. The quantitative estimate of drug-likeness (QED) is 0.666. The summed E-state index contributed by atoms with van der Waals surface area (Å²) in [4.78, 5) is 1.20. The van der Waals surface area contributed by atoms with Crippen LogP contribution in [0.2, 0.25) is 0 Å². The van der Waals surface area contributed by atoms with Gasteiger partial charge in [-0.3, -0.25) is 0 Å². The van der Waals surface area contributed by atoms with Gasteiger partial charge < -0.3 is 9.05 Å². The van der Waals surface area contributed by atoms with Crippen LogP contribution in [-0.2, 0) is 9.05 Å². The number of aryl methyl sites for hydroxylation is 1. The first-order valence-electron chi connectivity index (χ1n) is 5.85. The van der Waals surface area contributed by atoms with Gasteiger partial charge in [-0.1, -0.05) is 17.7 Å². The molecule has 0 N–H and O–H groups in total. The molecule has 96 valence electrons. The van der Waals surface area contributed by atoms with E-state index in [1.807, 2.05) is 27.7 Å². The van der Waals surface area contributed by atoms with Gasteiger partial charge in [-0.05, 0) is 58.1 Å². The largest absolute Gasteiger partial charge is 0.323 e. The van der Waals surface area contributed by atoms with Crippen LogP contribution >= 0.6 is 19.0 Å². The van der Waals surface area contributed by atoms with E-state index in [1.54, 1.807) is 11.4 Å². The number of hydrogen-bond acceptors (Lipinski definition) is 3. The Morgan fingerprint density at radius 1 is 0.941 bits per heavy atom. The lowest BCUT2D eigenvalue weighted by Gasteiger charge is -2.20. The first-order valence-corrected chi connectivity index (χ1v) is 8.45. The van der Waals surface area contributed by atoms with E-state index in [1.165, 1.54) is 10.5 Å². The third kappa shape index (κ3) is 6.42. The molecule has 0 atom stereocenters. The van der Waals surface area contributed by atoms with Gasteiger partial charge in [0.05, 0.1) is 12.2 Å². The van der Waals surface area contributed by atoms with E-state index in [9.17, 15) is 0 Å². The smallest absolute Gasteiger partial charge is 0.243 e. The average molecular weight is 272 g/mol. The van der Waals surface area contributed by atoms with Gasteiger partial charge in [-0.2, -0.15) is 0 Å². The minimum absolute atomic E-state index is 0.192. The molecule has 0 radical (unpaired) electrons. The van der Waals surface area contributed by atoms with Crippen molar-refractivity contribution in [2.75, 3.05) is 0 Å². The molecule has 17 heavy (non-hydrogen) atoms. The van der Waals surface area contributed by atoms with Crippen molar-refractivity contribution in [3.05, 3.63) is 29.8 Å².